The molecule has 41 heavy (non-hydrogen) atoms. The van der Waals surface area contributed by atoms with Gasteiger partial charge in [-0.15, -0.1) is 0 Å². The van der Waals surface area contributed by atoms with Gasteiger partial charge in [-0.1, -0.05) is 29.8 Å². The molecule has 4 rings (SSSR count). The van der Waals surface area contributed by atoms with Gasteiger partial charge >= 0.3 is 12.3 Å². The van der Waals surface area contributed by atoms with E-state index in [9.17, 15) is 27.6 Å². The number of carbonyl (C=O) groups excluding carboxylic acids is 2. The zero-order valence-electron chi connectivity index (χ0n) is 21.5. The van der Waals surface area contributed by atoms with E-state index in [1.807, 2.05) is 11.4 Å². The lowest BCUT2D eigenvalue weighted by Gasteiger charge is -2.22. The normalized spacial score (nSPS) is 15.3. The molecule has 3 N–H and O–H groups in total. The molecule has 3 aromatic rings. The molecule has 1 aliphatic rings. The van der Waals surface area contributed by atoms with Gasteiger partial charge in [0.25, 0.3) is 0 Å². The van der Waals surface area contributed by atoms with Gasteiger partial charge in [0.2, 0.25) is 5.91 Å². The number of hydrogen-bond donors (Lipinski definition) is 3. The molecular weight excluding hydrogens is 567 g/mol. The van der Waals surface area contributed by atoms with Gasteiger partial charge in [-0.3, -0.25) is 19.9 Å². The van der Waals surface area contributed by atoms with Crippen molar-refractivity contribution >= 4 is 40.8 Å². The molecular formula is C28H25ClF3N3O6. The predicted molar refractivity (Wildman–Crippen MR) is 144 cm³/mol. The van der Waals surface area contributed by atoms with Gasteiger partial charge < -0.3 is 19.9 Å². The largest absolute Gasteiger partial charge is 0.465 e. The van der Waals surface area contributed by atoms with Crippen LogP contribution in [0.15, 0.2) is 54.7 Å². The molecule has 2 amide bonds. The summed E-state index contributed by atoms with van der Waals surface area (Å²) in [5.74, 6) is -1.55. The number of nitrogens with one attached hydrogen (secondary N) is 2. The molecule has 0 spiro atoms. The summed E-state index contributed by atoms with van der Waals surface area (Å²) in [5.41, 5.74) is 0.129. The van der Waals surface area contributed by atoms with Gasteiger partial charge in [0, 0.05) is 18.4 Å². The molecule has 0 aliphatic carbocycles. The Kier molecular flexibility index (Phi) is 9.58. The summed E-state index contributed by atoms with van der Waals surface area (Å²) in [4.78, 5) is 40.9. The number of pyridine rings is 1. The SMILES string of the molecule is O=C(O)Nc1cc(Cl)c(C(F)(F)F)cc1NC(=O)CC(=O)c1cccc(-c2ccnc(COC3CCCCO3)c2)c1. The number of anilines is 2. The maximum absolute atomic E-state index is 13.3. The summed E-state index contributed by atoms with van der Waals surface area (Å²) >= 11 is 5.66. The number of nitrogens with zero attached hydrogens (tertiary/aromatic N) is 1. The van der Waals surface area contributed by atoms with Crippen molar-refractivity contribution in [3.63, 3.8) is 0 Å². The van der Waals surface area contributed by atoms with Crippen molar-refractivity contribution < 1.29 is 42.1 Å². The Balaban J connectivity index is 1.46. The van der Waals surface area contributed by atoms with E-state index in [-0.39, 0.29) is 24.1 Å². The van der Waals surface area contributed by atoms with Crippen LogP contribution in [0, 0.1) is 0 Å². The molecule has 2 heterocycles. The topological polar surface area (TPSA) is 127 Å². The quantitative estimate of drug-likeness (QED) is 0.185. The summed E-state index contributed by atoms with van der Waals surface area (Å²) in [6.45, 7) is 0.905. The molecule has 1 aromatic heterocycles. The maximum atomic E-state index is 13.3. The molecule has 1 saturated heterocycles. The minimum absolute atomic E-state index is 0.193. The number of Topliss-reactive ketones (excluding diaryl/α,β-unsaturated/α-hetero) is 1. The van der Waals surface area contributed by atoms with Crippen LogP contribution in [0.2, 0.25) is 5.02 Å². The Morgan fingerprint density at radius 2 is 1.80 bits per heavy atom. The number of benzene rings is 2. The van der Waals surface area contributed by atoms with Crippen LogP contribution in [0.4, 0.5) is 29.3 Å². The number of rotatable bonds is 9. The standard InChI is InChI=1S/C28H25ClF3N3O6/c29-21-13-23(35-27(38)39)22(12-20(21)28(30,31)32)34-25(37)14-24(36)18-5-3-4-16(10-18)17-7-8-33-19(11-17)15-41-26-6-1-2-9-40-26/h3-5,7-8,10-13,26,35H,1-2,6,9,14-15H2,(H,34,37)(H,38,39). The van der Waals surface area contributed by atoms with Crippen LogP contribution in [0.5, 0.6) is 0 Å². The van der Waals surface area contributed by atoms with Gasteiger partial charge in [0.05, 0.1) is 40.7 Å². The Hall–Kier alpha value is -4.00. The van der Waals surface area contributed by atoms with Crippen LogP contribution in [0.25, 0.3) is 11.1 Å². The Morgan fingerprint density at radius 1 is 1.05 bits per heavy atom. The highest BCUT2D eigenvalue weighted by Gasteiger charge is 2.34. The number of carboxylic acid groups (broad SMARTS) is 1. The van der Waals surface area contributed by atoms with Gasteiger partial charge in [0.15, 0.2) is 12.1 Å². The van der Waals surface area contributed by atoms with Gasteiger partial charge in [-0.2, -0.15) is 13.2 Å². The number of ether oxygens (including phenoxy) is 2. The highest BCUT2D eigenvalue weighted by atomic mass is 35.5. The number of halogens is 4. The van der Waals surface area contributed by atoms with Crippen molar-refractivity contribution in [2.24, 2.45) is 0 Å². The Morgan fingerprint density at radius 3 is 2.51 bits per heavy atom. The first-order valence-electron chi connectivity index (χ1n) is 12.5. The predicted octanol–water partition coefficient (Wildman–Crippen LogP) is 6.77. The highest BCUT2D eigenvalue weighted by Crippen LogP contribution is 2.39. The van der Waals surface area contributed by atoms with Crippen molar-refractivity contribution in [3.8, 4) is 11.1 Å². The van der Waals surface area contributed by atoms with E-state index in [2.05, 4.69) is 10.3 Å². The van der Waals surface area contributed by atoms with E-state index in [1.54, 1.807) is 30.5 Å². The minimum Gasteiger partial charge on any atom is -0.465 e. The fourth-order valence-electron chi connectivity index (χ4n) is 4.18. The molecule has 216 valence electrons. The smallest absolute Gasteiger partial charge is 0.417 e. The van der Waals surface area contributed by atoms with Gasteiger partial charge in [-0.25, -0.2) is 4.79 Å². The first kappa shape index (κ1) is 30.0. The van der Waals surface area contributed by atoms with Crippen LogP contribution in [0.3, 0.4) is 0 Å². The number of aromatic nitrogens is 1. The van der Waals surface area contributed by atoms with Gasteiger partial charge in [0.1, 0.15) is 0 Å². The van der Waals surface area contributed by atoms with Crippen molar-refractivity contribution in [1.82, 2.24) is 4.98 Å². The fraction of sp³-hybridized carbons (Fsp3) is 0.286. The number of carbonyl (C=O) groups is 3. The van der Waals surface area contributed by atoms with Crippen molar-refractivity contribution in [2.75, 3.05) is 17.2 Å². The number of hydrogen-bond acceptors (Lipinski definition) is 6. The van der Waals surface area contributed by atoms with Crippen LogP contribution in [-0.4, -0.2) is 40.8 Å². The van der Waals surface area contributed by atoms with Gasteiger partial charge in [-0.05, 0) is 60.7 Å². The maximum Gasteiger partial charge on any atom is 0.417 e. The monoisotopic (exact) mass is 591 g/mol. The molecule has 1 aliphatic heterocycles. The molecule has 1 atom stereocenters. The Bertz CT molecular complexity index is 1440. The van der Waals surface area contributed by atoms with Crippen molar-refractivity contribution in [3.05, 3.63) is 76.6 Å². The van der Waals surface area contributed by atoms with E-state index in [1.165, 1.54) is 6.07 Å². The number of amides is 2. The van der Waals surface area contributed by atoms with Crippen molar-refractivity contribution in [1.29, 1.82) is 0 Å². The van der Waals surface area contributed by atoms with Crippen molar-refractivity contribution in [2.45, 2.75) is 44.8 Å². The van der Waals surface area contributed by atoms with E-state index < -0.39 is 46.7 Å². The lowest BCUT2D eigenvalue weighted by Crippen LogP contribution is -2.22. The molecule has 0 bridgehead atoms. The lowest BCUT2D eigenvalue weighted by molar-refractivity contribution is -0.169. The summed E-state index contributed by atoms with van der Waals surface area (Å²) < 4.78 is 51.3. The van der Waals surface area contributed by atoms with Crippen LogP contribution >= 0.6 is 11.6 Å². The lowest BCUT2D eigenvalue weighted by atomic mass is 10.00. The second-order valence-corrected chi connectivity index (χ2v) is 9.58. The van der Waals surface area contributed by atoms with E-state index >= 15 is 0 Å². The van der Waals surface area contributed by atoms with E-state index in [4.69, 9.17) is 26.2 Å². The second-order valence-electron chi connectivity index (χ2n) is 9.18. The third-order valence-electron chi connectivity index (χ3n) is 6.14. The molecule has 0 radical (unpaired) electrons. The minimum atomic E-state index is -4.86. The molecule has 13 heteroatoms. The average Bonchev–Trinajstić information content (AvgIpc) is 2.93. The molecule has 1 fully saturated rings. The molecule has 9 nitrogen and oxygen atoms in total. The third kappa shape index (κ3) is 8.26. The number of ketones is 1. The van der Waals surface area contributed by atoms with E-state index in [0.29, 0.717) is 23.9 Å². The molecule has 0 saturated carbocycles. The zero-order chi connectivity index (χ0) is 29.6. The first-order chi connectivity index (χ1) is 19.5. The van der Waals surface area contributed by atoms with E-state index in [0.717, 1.165) is 30.9 Å². The third-order valence-corrected chi connectivity index (χ3v) is 6.45. The molecule has 2 aromatic carbocycles. The Labute approximate surface area is 237 Å². The van der Waals surface area contributed by atoms with Crippen LogP contribution in [-0.2, 0) is 27.1 Å². The summed E-state index contributed by atoms with van der Waals surface area (Å²) in [6, 6.07) is 11.3. The zero-order valence-corrected chi connectivity index (χ0v) is 22.2. The number of alkyl halides is 3. The second kappa shape index (κ2) is 13.1. The summed E-state index contributed by atoms with van der Waals surface area (Å²) in [5, 5.41) is 12.3. The fourth-order valence-corrected chi connectivity index (χ4v) is 4.46. The van der Waals surface area contributed by atoms with Crippen LogP contribution in [0.1, 0.15) is 47.3 Å². The summed E-state index contributed by atoms with van der Waals surface area (Å²) in [6.07, 6.45) is -2.96. The van der Waals surface area contributed by atoms with Crippen LogP contribution < -0.4 is 10.6 Å². The molecule has 1 unspecified atom stereocenters. The highest BCUT2D eigenvalue weighted by molar-refractivity contribution is 6.32. The first-order valence-corrected chi connectivity index (χ1v) is 12.9. The average molecular weight is 592 g/mol. The summed E-state index contributed by atoms with van der Waals surface area (Å²) in [7, 11) is 0.